The van der Waals surface area contributed by atoms with E-state index in [9.17, 15) is 14.2 Å². The number of hydrogen-bond donors (Lipinski definition) is 0. The Balaban J connectivity index is 2.36. The lowest BCUT2D eigenvalue weighted by Gasteiger charge is -2.23. The summed E-state index contributed by atoms with van der Waals surface area (Å²) in [4.78, 5) is 28.2. The van der Waals surface area contributed by atoms with Crippen molar-refractivity contribution in [2.45, 2.75) is 55.4 Å². The summed E-state index contributed by atoms with van der Waals surface area (Å²) in [5.74, 6) is 0. The second kappa shape index (κ2) is 8.64. The first kappa shape index (κ1) is 23.9. The van der Waals surface area contributed by atoms with Crippen molar-refractivity contribution < 1.29 is 14.2 Å². The maximum Gasteiger partial charge on any atom is 0.248 e. The highest BCUT2D eigenvalue weighted by Crippen LogP contribution is 2.53. The minimum absolute atomic E-state index is 0.282. The summed E-state index contributed by atoms with van der Waals surface area (Å²) in [5, 5.41) is 0.282. The van der Waals surface area contributed by atoms with Gasteiger partial charge in [-0.05, 0) is 99.9 Å². The fraction of sp³-hybridized carbons (Fsp3) is 0.286. The fourth-order valence-corrected chi connectivity index (χ4v) is 7.07. The molecule has 0 amide bonds. The minimum atomic E-state index is -4.15. The van der Waals surface area contributed by atoms with Crippen molar-refractivity contribution in [3.05, 3.63) is 98.1 Å². The van der Waals surface area contributed by atoms with E-state index >= 15 is 0 Å². The van der Waals surface area contributed by atoms with E-state index in [1.807, 2.05) is 67.5 Å². The normalized spacial score (nSPS) is 11.5. The van der Waals surface area contributed by atoms with Gasteiger partial charge in [-0.25, -0.2) is 0 Å². The molecular weight excluding hydrogens is 415 g/mol. The van der Waals surface area contributed by atoms with E-state index in [0.29, 0.717) is 11.1 Å². The van der Waals surface area contributed by atoms with Crippen molar-refractivity contribution in [2.75, 3.05) is 0 Å². The second-order valence-corrected chi connectivity index (χ2v) is 11.4. The SMILES string of the molecule is Cc1cc(C)c(C(=O)P(=O)(C(=O)c2c(C)cc(C)c(C)c2C)c2ccccc2)c(C)c1C. The molecule has 0 aliphatic heterocycles. The molecule has 3 aromatic rings. The Hall–Kier alpha value is -2.77. The summed E-state index contributed by atoms with van der Waals surface area (Å²) < 4.78 is 14.7. The van der Waals surface area contributed by atoms with Crippen LogP contribution in [0.2, 0.25) is 0 Å². The average Bonchev–Trinajstić information content (AvgIpc) is 2.75. The molecule has 0 atom stereocenters. The van der Waals surface area contributed by atoms with E-state index < -0.39 is 18.2 Å². The molecule has 0 aliphatic carbocycles. The van der Waals surface area contributed by atoms with Crippen molar-refractivity contribution in [1.29, 1.82) is 0 Å². The molecule has 0 bridgehead atoms. The molecule has 4 heteroatoms. The molecule has 3 nitrogen and oxygen atoms in total. The van der Waals surface area contributed by atoms with E-state index in [1.165, 1.54) is 0 Å². The molecule has 3 aromatic carbocycles. The smallest absolute Gasteiger partial charge is 0.248 e. The van der Waals surface area contributed by atoms with Gasteiger partial charge in [0.15, 0.2) is 0 Å². The third kappa shape index (κ3) is 3.69. The lowest BCUT2D eigenvalue weighted by molar-refractivity contribution is 0.104. The average molecular weight is 447 g/mol. The monoisotopic (exact) mass is 446 g/mol. The van der Waals surface area contributed by atoms with Crippen LogP contribution in [0.4, 0.5) is 0 Å². The van der Waals surface area contributed by atoms with Crippen LogP contribution in [0.25, 0.3) is 0 Å². The second-order valence-electron chi connectivity index (χ2n) is 8.83. The number of benzene rings is 3. The van der Waals surface area contributed by atoms with Crippen LogP contribution in [-0.2, 0) is 4.57 Å². The highest BCUT2D eigenvalue weighted by atomic mass is 31.2. The van der Waals surface area contributed by atoms with Crippen LogP contribution in [-0.4, -0.2) is 11.0 Å². The molecule has 0 aliphatic rings. The van der Waals surface area contributed by atoms with Gasteiger partial charge in [-0.1, -0.05) is 42.5 Å². The molecule has 32 heavy (non-hydrogen) atoms. The third-order valence-corrected chi connectivity index (χ3v) is 9.45. The van der Waals surface area contributed by atoms with Gasteiger partial charge in [0.25, 0.3) is 0 Å². The summed E-state index contributed by atoms with van der Waals surface area (Å²) in [6.45, 7) is 15.3. The number of aryl methyl sites for hydroxylation is 4. The number of carbonyl (C=O) groups is 2. The van der Waals surface area contributed by atoms with Gasteiger partial charge in [-0.3, -0.25) is 9.59 Å². The number of hydrogen-bond acceptors (Lipinski definition) is 3. The van der Waals surface area contributed by atoms with Crippen LogP contribution < -0.4 is 5.30 Å². The molecule has 166 valence electrons. The Bertz CT molecular complexity index is 1220. The van der Waals surface area contributed by atoms with Gasteiger partial charge in [-0.2, -0.15) is 0 Å². The lowest BCUT2D eigenvalue weighted by atomic mass is 9.95. The Labute approximate surface area is 191 Å². The van der Waals surface area contributed by atoms with Crippen LogP contribution in [0.1, 0.15) is 65.2 Å². The summed E-state index contributed by atoms with van der Waals surface area (Å²) in [6.07, 6.45) is 0. The highest BCUT2D eigenvalue weighted by Gasteiger charge is 2.45. The Morgan fingerprint density at radius 3 is 1.31 bits per heavy atom. The minimum Gasteiger partial charge on any atom is -0.302 e. The van der Waals surface area contributed by atoms with Gasteiger partial charge in [-0.15, -0.1) is 0 Å². The first-order chi connectivity index (χ1) is 14.9. The van der Waals surface area contributed by atoms with E-state index in [2.05, 4.69) is 0 Å². The standard InChI is InChI=1S/C28H31O3P/c1-16-14-18(3)25(22(7)20(16)5)27(29)32(31,24-12-10-9-11-13-24)28(30)26-19(4)15-17(2)21(6)23(26)8/h9-15H,1-8H3. The lowest BCUT2D eigenvalue weighted by Crippen LogP contribution is -2.23. The Morgan fingerprint density at radius 1 is 0.562 bits per heavy atom. The van der Waals surface area contributed by atoms with Crippen molar-refractivity contribution in [2.24, 2.45) is 0 Å². The molecule has 0 saturated heterocycles. The summed E-state index contributed by atoms with van der Waals surface area (Å²) >= 11 is 0. The van der Waals surface area contributed by atoms with E-state index in [-0.39, 0.29) is 5.30 Å². The van der Waals surface area contributed by atoms with Gasteiger partial charge in [0, 0.05) is 16.4 Å². The van der Waals surface area contributed by atoms with Crippen LogP contribution in [0, 0.1) is 55.4 Å². The van der Waals surface area contributed by atoms with E-state index in [0.717, 1.165) is 44.5 Å². The van der Waals surface area contributed by atoms with Crippen LogP contribution in [0.3, 0.4) is 0 Å². The molecule has 0 N–H and O–H groups in total. The van der Waals surface area contributed by atoms with E-state index in [1.54, 1.807) is 30.3 Å². The van der Waals surface area contributed by atoms with Gasteiger partial charge in [0.2, 0.25) is 18.2 Å². The highest BCUT2D eigenvalue weighted by molar-refractivity contribution is 8.01. The van der Waals surface area contributed by atoms with Gasteiger partial charge < -0.3 is 4.57 Å². The van der Waals surface area contributed by atoms with Gasteiger partial charge >= 0.3 is 0 Å². The van der Waals surface area contributed by atoms with E-state index in [4.69, 9.17) is 0 Å². The molecule has 0 radical (unpaired) electrons. The summed E-state index contributed by atoms with van der Waals surface area (Å²) in [5.41, 5.74) is 6.77. The zero-order chi connectivity index (χ0) is 24.0. The predicted molar refractivity (Wildman–Crippen MR) is 133 cm³/mol. The fourth-order valence-electron chi connectivity index (χ4n) is 4.51. The van der Waals surface area contributed by atoms with Gasteiger partial charge in [0.05, 0.1) is 0 Å². The van der Waals surface area contributed by atoms with Crippen LogP contribution in [0.5, 0.6) is 0 Å². The Morgan fingerprint density at radius 2 is 0.938 bits per heavy atom. The van der Waals surface area contributed by atoms with Crippen LogP contribution in [0.15, 0.2) is 42.5 Å². The van der Waals surface area contributed by atoms with Crippen LogP contribution >= 0.6 is 7.14 Å². The predicted octanol–water partition coefficient (Wildman–Crippen LogP) is 6.82. The third-order valence-electron chi connectivity index (χ3n) is 6.83. The molecule has 0 heterocycles. The molecule has 0 spiro atoms. The zero-order valence-corrected chi connectivity index (χ0v) is 21.1. The number of rotatable bonds is 5. The first-order valence-corrected chi connectivity index (χ1v) is 12.5. The topological polar surface area (TPSA) is 51.2 Å². The molecule has 0 aromatic heterocycles. The van der Waals surface area contributed by atoms with Crippen molar-refractivity contribution >= 4 is 23.5 Å². The number of carbonyl (C=O) groups excluding carboxylic acids is 2. The van der Waals surface area contributed by atoms with Gasteiger partial charge in [0.1, 0.15) is 0 Å². The molecule has 0 saturated carbocycles. The Kier molecular flexibility index (Phi) is 6.45. The summed E-state index contributed by atoms with van der Waals surface area (Å²) in [7, 11) is -4.15. The largest absolute Gasteiger partial charge is 0.302 e. The van der Waals surface area contributed by atoms with Crippen molar-refractivity contribution in [1.82, 2.24) is 0 Å². The zero-order valence-electron chi connectivity index (χ0n) is 20.2. The molecular formula is C28H31O3P. The molecule has 3 rings (SSSR count). The van der Waals surface area contributed by atoms with Crippen molar-refractivity contribution in [3.63, 3.8) is 0 Å². The quantitative estimate of drug-likeness (QED) is 0.404. The summed E-state index contributed by atoms with van der Waals surface area (Å²) in [6, 6.07) is 12.4. The maximum atomic E-state index is 14.7. The molecule has 0 unspecified atom stereocenters. The first-order valence-electron chi connectivity index (χ1n) is 10.8. The van der Waals surface area contributed by atoms with Crippen molar-refractivity contribution in [3.8, 4) is 0 Å². The maximum absolute atomic E-state index is 14.7. The molecule has 0 fully saturated rings.